The molecular formula is C24H34F2N4. The standard InChI is InChI=1S/C24H34F2N4/c1-23(2,3)8-11-30-12-9-24(10-13-30)15-17(24)16-29-22(28)7-6-21(27)19-14-18(25)4-5-20(19)26/h4-7,14,17,27H,8-13,15-16H2,1-3H3,(H2,28,29)/b7-6-,27-21?. The normalized spacial score (nSPS) is 22.0. The number of nitrogens with zero attached hydrogens (tertiary/aromatic N) is 2. The monoisotopic (exact) mass is 416 g/mol. The molecule has 4 nitrogen and oxygen atoms in total. The number of aliphatic imine (C=N–C) groups is 1. The summed E-state index contributed by atoms with van der Waals surface area (Å²) in [6.07, 6.45) is 7.77. The van der Waals surface area contributed by atoms with Gasteiger partial charge in [0.15, 0.2) is 0 Å². The van der Waals surface area contributed by atoms with Crippen molar-refractivity contribution in [2.24, 2.45) is 27.5 Å². The maximum absolute atomic E-state index is 13.7. The quantitative estimate of drug-likeness (QED) is 0.496. The van der Waals surface area contributed by atoms with Crippen molar-refractivity contribution in [2.75, 3.05) is 26.2 Å². The first-order valence-electron chi connectivity index (χ1n) is 10.8. The molecule has 3 N–H and O–H groups in total. The van der Waals surface area contributed by atoms with Crippen molar-refractivity contribution in [3.8, 4) is 0 Å². The number of benzene rings is 1. The minimum atomic E-state index is -0.629. The van der Waals surface area contributed by atoms with E-state index in [9.17, 15) is 8.78 Å². The van der Waals surface area contributed by atoms with Crippen LogP contribution in [0.15, 0.2) is 35.3 Å². The zero-order valence-electron chi connectivity index (χ0n) is 18.3. The molecule has 1 unspecified atom stereocenters. The van der Waals surface area contributed by atoms with Crippen LogP contribution in [-0.2, 0) is 0 Å². The number of nitrogens with two attached hydrogens (primary N) is 1. The van der Waals surface area contributed by atoms with Crippen molar-refractivity contribution >= 4 is 11.5 Å². The Labute approximate surface area is 178 Å². The summed E-state index contributed by atoms with van der Waals surface area (Å²) >= 11 is 0. The van der Waals surface area contributed by atoms with Crippen molar-refractivity contribution in [1.29, 1.82) is 5.41 Å². The smallest absolute Gasteiger partial charge is 0.132 e. The minimum Gasteiger partial charge on any atom is -0.384 e. The summed E-state index contributed by atoms with van der Waals surface area (Å²) in [4.78, 5) is 7.05. The maximum atomic E-state index is 13.7. The minimum absolute atomic E-state index is 0.0848. The number of piperidine rings is 1. The van der Waals surface area contributed by atoms with Crippen LogP contribution in [0.5, 0.6) is 0 Å². The second kappa shape index (κ2) is 8.96. The molecule has 0 radical (unpaired) electrons. The molecule has 1 aromatic carbocycles. The number of nitrogens with one attached hydrogen (secondary N) is 1. The molecule has 2 aliphatic rings. The van der Waals surface area contributed by atoms with E-state index in [1.54, 1.807) is 0 Å². The second-order valence-electron chi connectivity index (χ2n) is 10.1. The summed E-state index contributed by atoms with van der Waals surface area (Å²) in [5.41, 5.74) is 6.56. The van der Waals surface area contributed by atoms with Crippen molar-refractivity contribution in [2.45, 2.75) is 46.5 Å². The van der Waals surface area contributed by atoms with E-state index in [4.69, 9.17) is 11.1 Å². The number of allylic oxidation sites excluding steroid dienone is 1. The number of hydrogen-bond acceptors (Lipinski definition) is 3. The largest absolute Gasteiger partial charge is 0.384 e. The second-order valence-corrected chi connectivity index (χ2v) is 10.1. The van der Waals surface area contributed by atoms with Gasteiger partial charge in [0.2, 0.25) is 0 Å². The van der Waals surface area contributed by atoms with Crippen molar-refractivity contribution in [3.05, 3.63) is 47.5 Å². The van der Waals surface area contributed by atoms with E-state index in [0.717, 1.165) is 18.2 Å². The van der Waals surface area contributed by atoms with Gasteiger partial charge >= 0.3 is 0 Å². The van der Waals surface area contributed by atoms with Gasteiger partial charge in [-0.05, 0) is 92.4 Å². The first-order chi connectivity index (χ1) is 14.1. The van der Waals surface area contributed by atoms with E-state index in [1.807, 2.05) is 0 Å². The van der Waals surface area contributed by atoms with E-state index >= 15 is 0 Å². The van der Waals surface area contributed by atoms with Crippen LogP contribution in [0.2, 0.25) is 0 Å². The van der Waals surface area contributed by atoms with E-state index in [1.165, 1.54) is 57.5 Å². The van der Waals surface area contributed by atoms with Crippen LogP contribution in [0.1, 0.15) is 52.0 Å². The van der Waals surface area contributed by atoms with Crippen molar-refractivity contribution < 1.29 is 8.78 Å². The molecule has 1 heterocycles. The summed E-state index contributed by atoms with van der Waals surface area (Å²) in [6, 6.07) is 3.06. The van der Waals surface area contributed by atoms with Gasteiger partial charge in [-0.3, -0.25) is 4.99 Å². The van der Waals surface area contributed by atoms with Crippen LogP contribution in [0.25, 0.3) is 0 Å². The maximum Gasteiger partial charge on any atom is 0.132 e. The molecule has 2 fully saturated rings. The molecule has 0 bridgehead atoms. The van der Waals surface area contributed by atoms with Gasteiger partial charge in [0.05, 0.1) is 5.71 Å². The highest BCUT2D eigenvalue weighted by Crippen LogP contribution is 2.59. The van der Waals surface area contributed by atoms with Gasteiger partial charge < -0.3 is 16.0 Å². The molecule has 1 spiro atoms. The van der Waals surface area contributed by atoms with E-state index in [0.29, 0.717) is 29.1 Å². The third-order valence-electron chi connectivity index (χ3n) is 6.52. The van der Waals surface area contributed by atoms with Crippen molar-refractivity contribution in [1.82, 2.24) is 4.90 Å². The zero-order chi connectivity index (χ0) is 21.9. The van der Waals surface area contributed by atoms with Gasteiger partial charge in [0, 0.05) is 12.1 Å². The Hall–Kier alpha value is -2.08. The SMILES string of the molecule is CC(C)(C)CCN1CCC2(CC1)CC2CN=C(N)/C=C\C(=N)c1cc(F)ccc1F. The van der Waals surface area contributed by atoms with E-state index < -0.39 is 11.6 Å². The van der Waals surface area contributed by atoms with Gasteiger partial charge in [-0.1, -0.05) is 20.8 Å². The molecule has 1 aromatic rings. The number of rotatable bonds is 7. The van der Waals surface area contributed by atoms with Crippen LogP contribution in [-0.4, -0.2) is 42.6 Å². The molecule has 1 atom stereocenters. The number of likely N-dealkylation sites (tertiary alicyclic amines) is 1. The predicted molar refractivity (Wildman–Crippen MR) is 119 cm³/mol. The average molecular weight is 417 g/mol. The molecule has 1 saturated heterocycles. The van der Waals surface area contributed by atoms with Gasteiger partial charge in [-0.25, -0.2) is 8.78 Å². The predicted octanol–water partition coefficient (Wildman–Crippen LogP) is 4.78. The fraction of sp³-hybridized carbons (Fsp3) is 0.583. The van der Waals surface area contributed by atoms with Crippen LogP contribution in [0.4, 0.5) is 8.78 Å². The first kappa shape index (κ1) is 22.6. The fourth-order valence-corrected chi connectivity index (χ4v) is 4.25. The molecule has 30 heavy (non-hydrogen) atoms. The lowest BCUT2D eigenvalue weighted by molar-refractivity contribution is 0.146. The summed E-state index contributed by atoms with van der Waals surface area (Å²) in [5, 5.41) is 7.93. The number of amidine groups is 1. The lowest BCUT2D eigenvalue weighted by Gasteiger charge is -2.34. The van der Waals surface area contributed by atoms with Crippen LogP contribution >= 0.6 is 0 Å². The lowest BCUT2D eigenvalue weighted by Crippen LogP contribution is -2.37. The molecule has 1 saturated carbocycles. The van der Waals surface area contributed by atoms with Crippen LogP contribution in [0.3, 0.4) is 0 Å². The third kappa shape index (κ3) is 5.97. The highest BCUT2D eigenvalue weighted by molar-refractivity contribution is 6.09. The molecular weight excluding hydrogens is 382 g/mol. The van der Waals surface area contributed by atoms with Gasteiger partial charge in [0.1, 0.15) is 17.5 Å². The summed E-state index contributed by atoms with van der Waals surface area (Å²) in [7, 11) is 0. The Morgan fingerprint density at radius 3 is 2.63 bits per heavy atom. The lowest BCUT2D eigenvalue weighted by atomic mass is 9.88. The summed E-state index contributed by atoms with van der Waals surface area (Å²) in [5.74, 6) is -0.305. The molecule has 164 valence electrons. The van der Waals surface area contributed by atoms with Gasteiger partial charge in [0.25, 0.3) is 0 Å². The average Bonchev–Trinajstić information content (AvgIpc) is 3.37. The fourth-order valence-electron chi connectivity index (χ4n) is 4.25. The third-order valence-corrected chi connectivity index (χ3v) is 6.52. The van der Waals surface area contributed by atoms with Gasteiger partial charge in [-0.15, -0.1) is 0 Å². The van der Waals surface area contributed by atoms with Crippen LogP contribution in [0, 0.1) is 33.8 Å². The molecule has 0 aromatic heterocycles. The molecule has 0 amide bonds. The molecule has 1 aliphatic heterocycles. The topological polar surface area (TPSA) is 65.5 Å². The Bertz CT molecular complexity index is 830. The Kier molecular flexibility index (Phi) is 6.75. The Morgan fingerprint density at radius 2 is 1.97 bits per heavy atom. The molecule has 6 heteroatoms. The Morgan fingerprint density at radius 1 is 1.27 bits per heavy atom. The van der Waals surface area contributed by atoms with Crippen LogP contribution < -0.4 is 5.73 Å². The molecule has 1 aliphatic carbocycles. The zero-order valence-corrected chi connectivity index (χ0v) is 18.3. The van der Waals surface area contributed by atoms with E-state index in [-0.39, 0.29) is 11.3 Å². The highest BCUT2D eigenvalue weighted by Gasteiger charge is 2.54. The number of hydrogen-bond donors (Lipinski definition) is 2. The van der Waals surface area contributed by atoms with E-state index in [2.05, 4.69) is 30.7 Å². The first-order valence-corrected chi connectivity index (χ1v) is 10.8. The van der Waals surface area contributed by atoms with Gasteiger partial charge in [-0.2, -0.15) is 0 Å². The highest BCUT2D eigenvalue weighted by atomic mass is 19.1. The molecule has 3 rings (SSSR count). The summed E-state index contributed by atoms with van der Waals surface area (Å²) < 4.78 is 27.0. The summed E-state index contributed by atoms with van der Waals surface area (Å²) in [6.45, 7) is 11.1. The van der Waals surface area contributed by atoms with Crippen molar-refractivity contribution in [3.63, 3.8) is 0 Å². The Balaban J connectivity index is 1.45. The number of halogens is 2.